The summed E-state index contributed by atoms with van der Waals surface area (Å²) < 4.78 is 33.5. The molecule has 1 heterocycles. The quantitative estimate of drug-likeness (QED) is 0.508. The van der Waals surface area contributed by atoms with Crippen molar-refractivity contribution < 1.29 is 33.3 Å². The minimum absolute atomic E-state index is 0.0216. The first-order chi connectivity index (χ1) is 12.0. The van der Waals surface area contributed by atoms with Gasteiger partial charge in [-0.05, 0) is 12.1 Å². The highest BCUT2D eigenvalue weighted by Gasteiger charge is 2.48. The van der Waals surface area contributed by atoms with E-state index in [9.17, 15) is 10.1 Å². The highest BCUT2D eigenvalue weighted by molar-refractivity contribution is 5.36. The smallest absolute Gasteiger partial charge is 0.269 e. The summed E-state index contributed by atoms with van der Waals surface area (Å²) in [4.78, 5) is 10.3. The Morgan fingerprint density at radius 2 is 1.60 bits per heavy atom. The Bertz CT molecular complexity index is 552. The zero-order valence-corrected chi connectivity index (χ0v) is 14.6. The van der Waals surface area contributed by atoms with E-state index in [0.717, 1.165) is 0 Å². The molecule has 1 aromatic carbocycles. The van der Waals surface area contributed by atoms with Gasteiger partial charge in [0.2, 0.25) is 6.29 Å². The van der Waals surface area contributed by atoms with Crippen LogP contribution < -0.4 is 4.74 Å². The molecule has 0 saturated carbocycles. The Morgan fingerprint density at radius 3 is 2.08 bits per heavy atom. The van der Waals surface area contributed by atoms with Gasteiger partial charge < -0.3 is 28.4 Å². The standard InChI is InChI=1S/C16H23NO8/c1-20-9-12-13(21-2)14(22-3)15(23-4)16(25-12)24-11-7-5-10(6-8-11)17(18)19/h5-8,12-16H,9H2,1-4H3/t12-,13+,14+,15-,16+/m1/s1. The van der Waals surface area contributed by atoms with Crippen LogP contribution in [0.5, 0.6) is 5.75 Å². The first kappa shape index (κ1) is 19.5. The molecule has 1 aromatic rings. The Kier molecular flexibility index (Phi) is 7.09. The minimum Gasteiger partial charge on any atom is -0.462 e. The lowest BCUT2D eigenvalue weighted by molar-refractivity contribution is -0.384. The van der Waals surface area contributed by atoms with E-state index in [4.69, 9.17) is 28.4 Å². The van der Waals surface area contributed by atoms with Gasteiger partial charge in [0.15, 0.2) is 0 Å². The molecule has 25 heavy (non-hydrogen) atoms. The largest absolute Gasteiger partial charge is 0.462 e. The average molecular weight is 357 g/mol. The van der Waals surface area contributed by atoms with E-state index in [1.165, 1.54) is 31.4 Å². The molecule has 1 aliphatic heterocycles. The van der Waals surface area contributed by atoms with Crippen LogP contribution in [0.25, 0.3) is 0 Å². The lowest BCUT2D eigenvalue weighted by Crippen LogP contribution is -2.62. The van der Waals surface area contributed by atoms with Crippen molar-refractivity contribution in [3.8, 4) is 5.75 Å². The van der Waals surface area contributed by atoms with Crippen LogP contribution >= 0.6 is 0 Å². The number of ether oxygens (including phenoxy) is 6. The van der Waals surface area contributed by atoms with E-state index in [0.29, 0.717) is 5.75 Å². The Morgan fingerprint density at radius 1 is 1.00 bits per heavy atom. The predicted octanol–water partition coefficient (Wildman–Crippen LogP) is 1.39. The van der Waals surface area contributed by atoms with Gasteiger partial charge in [-0.1, -0.05) is 0 Å². The van der Waals surface area contributed by atoms with Gasteiger partial charge in [0.05, 0.1) is 11.5 Å². The third kappa shape index (κ3) is 4.44. The van der Waals surface area contributed by atoms with Crippen LogP contribution in [-0.2, 0) is 23.7 Å². The fourth-order valence-electron chi connectivity index (χ4n) is 2.85. The number of methoxy groups -OCH3 is 4. The van der Waals surface area contributed by atoms with Crippen LogP contribution in [-0.4, -0.2) is 70.7 Å². The molecule has 5 atom stereocenters. The summed E-state index contributed by atoms with van der Waals surface area (Å²) in [6.45, 7) is 0.287. The molecule has 1 saturated heterocycles. The third-order valence-electron chi connectivity index (χ3n) is 4.04. The normalized spacial score (nSPS) is 29.4. The molecule has 1 fully saturated rings. The van der Waals surface area contributed by atoms with Crippen molar-refractivity contribution in [2.75, 3.05) is 35.0 Å². The van der Waals surface area contributed by atoms with Crippen molar-refractivity contribution in [2.45, 2.75) is 30.7 Å². The van der Waals surface area contributed by atoms with E-state index >= 15 is 0 Å². The fraction of sp³-hybridized carbons (Fsp3) is 0.625. The van der Waals surface area contributed by atoms with Crippen LogP contribution in [0.4, 0.5) is 5.69 Å². The highest BCUT2D eigenvalue weighted by Crippen LogP contribution is 2.29. The molecule has 0 radical (unpaired) electrons. The van der Waals surface area contributed by atoms with E-state index in [1.54, 1.807) is 21.3 Å². The zero-order valence-electron chi connectivity index (χ0n) is 14.6. The van der Waals surface area contributed by atoms with Gasteiger partial charge >= 0.3 is 0 Å². The number of nitrogens with zero attached hydrogens (tertiary/aromatic N) is 1. The molecule has 9 nitrogen and oxygen atoms in total. The molecule has 9 heteroatoms. The summed E-state index contributed by atoms with van der Waals surface area (Å²) >= 11 is 0. The molecular weight excluding hydrogens is 334 g/mol. The fourth-order valence-corrected chi connectivity index (χ4v) is 2.85. The summed E-state index contributed by atoms with van der Waals surface area (Å²) in [5, 5.41) is 10.7. The van der Waals surface area contributed by atoms with Gasteiger partial charge in [0.25, 0.3) is 5.69 Å². The van der Waals surface area contributed by atoms with Gasteiger partial charge in [0.1, 0.15) is 30.2 Å². The van der Waals surface area contributed by atoms with Crippen molar-refractivity contribution in [3.63, 3.8) is 0 Å². The molecule has 0 unspecified atom stereocenters. The van der Waals surface area contributed by atoms with Crippen molar-refractivity contribution in [1.29, 1.82) is 0 Å². The van der Waals surface area contributed by atoms with E-state index < -0.39 is 35.6 Å². The third-order valence-corrected chi connectivity index (χ3v) is 4.04. The van der Waals surface area contributed by atoms with E-state index in [-0.39, 0.29) is 12.3 Å². The van der Waals surface area contributed by atoms with Crippen LogP contribution in [0.1, 0.15) is 0 Å². The second-order valence-corrected chi connectivity index (χ2v) is 5.47. The minimum atomic E-state index is -0.789. The van der Waals surface area contributed by atoms with Gasteiger partial charge in [-0.25, -0.2) is 0 Å². The second kappa shape index (κ2) is 9.07. The van der Waals surface area contributed by atoms with E-state index in [1.807, 2.05) is 0 Å². The summed E-state index contributed by atoms with van der Waals surface area (Å²) in [5.74, 6) is 0.416. The van der Waals surface area contributed by atoms with Crippen LogP contribution in [0.3, 0.4) is 0 Å². The van der Waals surface area contributed by atoms with E-state index in [2.05, 4.69) is 0 Å². The number of nitro benzene ring substituents is 1. The molecule has 2 rings (SSSR count). The Balaban J connectivity index is 2.19. The van der Waals surface area contributed by atoms with Crippen molar-refractivity contribution in [3.05, 3.63) is 34.4 Å². The molecule has 0 aliphatic carbocycles. The maximum Gasteiger partial charge on any atom is 0.269 e. The molecule has 0 spiro atoms. The molecule has 140 valence electrons. The highest BCUT2D eigenvalue weighted by atomic mass is 16.7. The van der Waals surface area contributed by atoms with Crippen LogP contribution in [0.15, 0.2) is 24.3 Å². The predicted molar refractivity (Wildman–Crippen MR) is 86.7 cm³/mol. The monoisotopic (exact) mass is 357 g/mol. The first-order valence-corrected chi connectivity index (χ1v) is 7.69. The number of hydrogen-bond donors (Lipinski definition) is 0. The first-order valence-electron chi connectivity index (χ1n) is 7.69. The molecular formula is C16H23NO8. The molecule has 0 aromatic heterocycles. The second-order valence-electron chi connectivity index (χ2n) is 5.47. The average Bonchev–Trinajstić information content (AvgIpc) is 2.61. The number of benzene rings is 1. The summed E-state index contributed by atoms with van der Waals surface area (Å²) in [6, 6.07) is 5.73. The van der Waals surface area contributed by atoms with Gasteiger partial charge in [-0.3, -0.25) is 10.1 Å². The lowest BCUT2D eigenvalue weighted by atomic mass is 9.98. The van der Waals surface area contributed by atoms with Gasteiger partial charge in [-0.2, -0.15) is 0 Å². The topological polar surface area (TPSA) is 98.5 Å². The molecule has 0 amide bonds. The van der Waals surface area contributed by atoms with Crippen LogP contribution in [0.2, 0.25) is 0 Å². The number of non-ortho nitro benzene ring substituents is 1. The summed E-state index contributed by atoms with van der Waals surface area (Å²) in [5.41, 5.74) is -0.0216. The summed E-state index contributed by atoms with van der Waals surface area (Å²) in [7, 11) is 6.20. The van der Waals surface area contributed by atoms with Crippen LogP contribution in [0, 0.1) is 10.1 Å². The molecule has 1 aliphatic rings. The maximum atomic E-state index is 10.7. The number of hydrogen-bond acceptors (Lipinski definition) is 8. The number of nitro groups is 1. The molecule has 0 N–H and O–H groups in total. The number of rotatable bonds is 8. The van der Waals surface area contributed by atoms with Crippen molar-refractivity contribution >= 4 is 5.69 Å². The molecule has 0 bridgehead atoms. The maximum absolute atomic E-state index is 10.7. The van der Waals surface area contributed by atoms with Gasteiger partial charge in [-0.15, -0.1) is 0 Å². The summed E-state index contributed by atoms with van der Waals surface area (Å²) in [6.07, 6.45) is -2.60. The van der Waals surface area contributed by atoms with Crippen molar-refractivity contribution in [2.24, 2.45) is 0 Å². The zero-order chi connectivity index (χ0) is 18.4. The van der Waals surface area contributed by atoms with Crippen molar-refractivity contribution in [1.82, 2.24) is 0 Å². The Labute approximate surface area is 145 Å². The Hall–Kier alpha value is -1.78. The SMILES string of the molecule is COC[C@H]1O[C@H](Oc2ccc([N+](=O)[O-])cc2)[C@H](OC)[C@@H](OC)[C@H]1OC. The van der Waals surface area contributed by atoms with Gasteiger partial charge in [0, 0.05) is 40.6 Å². The lowest BCUT2D eigenvalue weighted by Gasteiger charge is -2.44.